The molecule has 6 nitrogen and oxygen atoms in total. The highest BCUT2D eigenvalue weighted by atomic mass is 16.5. The zero-order chi connectivity index (χ0) is 17.2. The zero-order valence-electron chi connectivity index (χ0n) is 13.6. The van der Waals surface area contributed by atoms with Crippen LogP contribution in [0.3, 0.4) is 0 Å². The van der Waals surface area contributed by atoms with Gasteiger partial charge < -0.3 is 14.2 Å². The molecule has 2 atom stereocenters. The van der Waals surface area contributed by atoms with Gasteiger partial charge in [0.05, 0.1) is 32.8 Å². The van der Waals surface area contributed by atoms with E-state index in [1.807, 2.05) is 6.07 Å². The van der Waals surface area contributed by atoms with Crippen LogP contribution in [0, 0.1) is 17.2 Å². The van der Waals surface area contributed by atoms with E-state index in [0.29, 0.717) is 11.3 Å². The summed E-state index contributed by atoms with van der Waals surface area (Å²) in [4.78, 5) is 23.9. The molecule has 0 fully saturated rings. The Morgan fingerprint density at radius 3 is 2.48 bits per heavy atom. The third-order valence-electron chi connectivity index (χ3n) is 3.30. The number of benzene rings is 1. The molecule has 0 N–H and O–H groups in total. The third-order valence-corrected chi connectivity index (χ3v) is 3.30. The van der Waals surface area contributed by atoms with Gasteiger partial charge in [-0.1, -0.05) is 12.1 Å². The lowest BCUT2D eigenvalue weighted by atomic mass is 9.84. The molecular formula is C17H21NO5. The standard InChI is InChI=1S/C17H21NO5/c1-4-22-16(19)10-14(15(11-18)17(20)23-5-2)12-7-6-8-13(9-12)21-3/h6-9,14-15H,4-5,10H2,1-3H3. The summed E-state index contributed by atoms with van der Waals surface area (Å²) in [6, 6.07) is 8.88. The molecule has 0 saturated carbocycles. The lowest BCUT2D eigenvalue weighted by Gasteiger charge is -2.21. The first kappa shape index (κ1) is 18.5. The molecule has 0 aliphatic carbocycles. The number of carbonyl (C=O) groups excluding carboxylic acids is 2. The molecule has 1 aromatic rings. The van der Waals surface area contributed by atoms with Gasteiger partial charge in [0.1, 0.15) is 5.75 Å². The summed E-state index contributed by atoms with van der Waals surface area (Å²) in [7, 11) is 1.52. The van der Waals surface area contributed by atoms with Gasteiger partial charge in [0.15, 0.2) is 5.92 Å². The van der Waals surface area contributed by atoms with Gasteiger partial charge in [0.2, 0.25) is 0 Å². The van der Waals surface area contributed by atoms with Crippen LogP contribution >= 0.6 is 0 Å². The first-order valence-corrected chi connectivity index (χ1v) is 7.43. The second-order valence-electron chi connectivity index (χ2n) is 4.75. The molecule has 0 radical (unpaired) electrons. The second kappa shape index (κ2) is 9.46. The van der Waals surface area contributed by atoms with E-state index >= 15 is 0 Å². The molecule has 0 spiro atoms. The van der Waals surface area contributed by atoms with E-state index in [4.69, 9.17) is 14.2 Å². The van der Waals surface area contributed by atoms with Crippen molar-refractivity contribution in [3.8, 4) is 11.8 Å². The summed E-state index contributed by atoms with van der Waals surface area (Å²) in [5, 5.41) is 9.39. The quantitative estimate of drug-likeness (QED) is 0.684. The number of hydrogen-bond donors (Lipinski definition) is 0. The smallest absolute Gasteiger partial charge is 0.323 e. The molecule has 1 aromatic carbocycles. The van der Waals surface area contributed by atoms with Crippen molar-refractivity contribution in [1.82, 2.24) is 0 Å². The normalized spacial score (nSPS) is 12.6. The molecule has 124 valence electrons. The van der Waals surface area contributed by atoms with Gasteiger partial charge in [-0.2, -0.15) is 5.26 Å². The Hall–Kier alpha value is -2.55. The minimum atomic E-state index is -1.09. The van der Waals surface area contributed by atoms with Gasteiger partial charge in [-0.25, -0.2) is 0 Å². The van der Waals surface area contributed by atoms with Crippen molar-refractivity contribution in [2.45, 2.75) is 26.2 Å². The zero-order valence-corrected chi connectivity index (χ0v) is 13.6. The Bertz CT molecular complexity index is 579. The molecule has 0 aromatic heterocycles. The maximum absolute atomic E-state index is 12.1. The molecule has 23 heavy (non-hydrogen) atoms. The van der Waals surface area contributed by atoms with Crippen LogP contribution in [-0.2, 0) is 19.1 Å². The highest BCUT2D eigenvalue weighted by Crippen LogP contribution is 2.31. The predicted octanol–water partition coefficient (Wildman–Crippen LogP) is 2.43. The van der Waals surface area contributed by atoms with Crippen molar-refractivity contribution in [2.24, 2.45) is 5.92 Å². The van der Waals surface area contributed by atoms with Crippen LogP contribution in [0.2, 0.25) is 0 Å². The SMILES string of the molecule is CCOC(=O)CC(c1cccc(OC)c1)C(C#N)C(=O)OCC. The fourth-order valence-electron chi connectivity index (χ4n) is 2.24. The Morgan fingerprint density at radius 2 is 1.91 bits per heavy atom. The molecule has 2 unspecified atom stereocenters. The molecule has 0 heterocycles. The van der Waals surface area contributed by atoms with Crippen molar-refractivity contribution in [1.29, 1.82) is 5.26 Å². The Labute approximate surface area is 136 Å². The lowest BCUT2D eigenvalue weighted by molar-refractivity contribution is -0.148. The molecule has 6 heteroatoms. The highest BCUT2D eigenvalue weighted by Gasteiger charge is 2.33. The van der Waals surface area contributed by atoms with E-state index in [1.54, 1.807) is 38.1 Å². The van der Waals surface area contributed by atoms with E-state index in [0.717, 1.165) is 0 Å². The number of nitrogens with zero attached hydrogens (tertiary/aromatic N) is 1. The summed E-state index contributed by atoms with van der Waals surface area (Å²) in [6.07, 6.45) is -0.0853. The van der Waals surface area contributed by atoms with E-state index in [-0.39, 0.29) is 19.6 Å². The molecule has 0 bridgehead atoms. The fourth-order valence-corrected chi connectivity index (χ4v) is 2.24. The Morgan fingerprint density at radius 1 is 1.22 bits per heavy atom. The van der Waals surface area contributed by atoms with Gasteiger partial charge in [-0.3, -0.25) is 9.59 Å². The van der Waals surface area contributed by atoms with E-state index in [1.165, 1.54) is 7.11 Å². The summed E-state index contributed by atoms with van der Waals surface area (Å²) in [5.74, 6) is -2.28. The monoisotopic (exact) mass is 319 g/mol. The summed E-state index contributed by atoms with van der Waals surface area (Å²) < 4.78 is 15.1. The van der Waals surface area contributed by atoms with Gasteiger partial charge >= 0.3 is 11.9 Å². The number of carbonyl (C=O) groups is 2. The van der Waals surface area contributed by atoms with Crippen LogP contribution in [0.5, 0.6) is 5.75 Å². The minimum absolute atomic E-state index is 0.0853. The van der Waals surface area contributed by atoms with Crippen LogP contribution in [0.4, 0.5) is 0 Å². The number of ether oxygens (including phenoxy) is 3. The van der Waals surface area contributed by atoms with Crippen molar-refractivity contribution >= 4 is 11.9 Å². The van der Waals surface area contributed by atoms with E-state index in [9.17, 15) is 14.9 Å². The van der Waals surface area contributed by atoms with Crippen LogP contribution in [0.25, 0.3) is 0 Å². The predicted molar refractivity (Wildman–Crippen MR) is 82.7 cm³/mol. The molecule has 0 aliphatic rings. The average molecular weight is 319 g/mol. The number of rotatable bonds is 8. The maximum atomic E-state index is 12.1. The van der Waals surface area contributed by atoms with Gasteiger partial charge in [-0.05, 0) is 31.5 Å². The summed E-state index contributed by atoms with van der Waals surface area (Å²) in [5.41, 5.74) is 0.650. The Kier molecular flexibility index (Phi) is 7.61. The largest absolute Gasteiger partial charge is 0.497 e. The summed E-state index contributed by atoms with van der Waals surface area (Å²) >= 11 is 0. The first-order valence-electron chi connectivity index (χ1n) is 7.43. The van der Waals surface area contributed by atoms with Gasteiger partial charge in [0.25, 0.3) is 0 Å². The lowest BCUT2D eigenvalue weighted by Crippen LogP contribution is -2.26. The third kappa shape index (κ3) is 5.29. The highest BCUT2D eigenvalue weighted by molar-refractivity contribution is 5.79. The maximum Gasteiger partial charge on any atom is 0.323 e. The number of nitriles is 1. The first-order chi connectivity index (χ1) is 11.1. The molecule has 0 saturated heterocycles. The van der Waals surface area contributed by atoms with Crippen molar-refractivity contribution in [3.05, 3.63) is 29.8 Å². The fraction of sp³-hybridized carbons (Fsp3) is 0.471. The van der Waals surface area contributed by atoms with E-state index in [2.05, 4.69) is 0 Å². The number of esters is 2. The van der Waals surface area contributed by atoms with Crippen molar-refractivity contribution < 1.29 is 23.8 Å². The number of methoxy groups -OCH3 is 1. The molecule has 1 rings (SSSR count). The van der Waals surface area contributed by atoms with Crippen molar-refractivity contribution in [2.75, 3.05) is 20.3 Å². The van der Waals surface area contributed by atoms with Crippen LogP contribution in [-0.4, -0.2) is 32.3 Å². The molecule has 0 aliphatic heterocycles. The van der Waals surface area contributed by atoms with Gasteiger partial charge in [0, 0.05) is 5.92 Å². The van der Waals surface area contributed by atoms with Gasteiger partial charge in [-0.15, -0.1) is 0 Å². The van der Waals surface area contributed by atoms with Crippen molar-refractivity contribution in [3.63, 3.8) is 0 Å². The van der Waals surface area contributed by atoms with Crippen LogP contribution in [0.1, 0.15) is 31.7 Å². The topological polar surface area (TPSA) is 85.6 Å². The Balaban J connectivity index is 3.16. The van der Waals surface area contributed by atoms with Crippen LogP contribution in [0.15, 0.2) is 24.3 Å². The number of hydrogen-bond acceptors (Lipinski definition) is 6. The van der Waals surface area contributed by atoms with E-state index < -0.39 is 23.8 Å². The average Bonchev–Trinajstić information content (AvgIpc) is 2.55. The molecule has 0 amide bonds. The summed E-state index contributed by atoms with van der Waals surface area (Å²) in [6.45, 7) is 3.77. The second-order valence-corrected chi connectivity index (χ2v) is 4.75. The van der Waals surface area contributed by atoms with Crippen LogP contribution < -0.4 is 4.74 Å². The molecular weight excluding hydrogens is 298 g/mol. The minimum Gasteiger partial charge on any atom is -0.497 e.